The molecule has 190 valence electrons. The summed E-state index contributed by atoms with van der Waals surface area (Å²) in [6.07, 6.45) is 11.8. The molecule has 1 rings (SSSR count). The number of carbonyl (C=O) groups is 1. The van der Waals surface area contributed by atoms with E-state index in [9.17, 15) is 14.7 Å². The topological polar surface area (TPSA) is 93.7 Å². The molecule has 0 aromatic carbocycles. The molecule has 0 bridgehead atoms. The van der Waals surface area contributed by atoms with E-state index in [0.717, 1.165) is 57.8 Å². The highest BCUT2D eigenvalue weighted by molar-refractivity contribution is 5.68. The van der Waals surface area contributed by atoms with Gasteiger partial charge in [-0.15, -0.1) is 6.58 Å². The number of allylic oxidation sites excluding steroid dienone is 1. The lowest BCUT2D eigenvalue weighted by Gasteiger charge is -2.32. The first-order chi connectivity index (χ1) is 15.7. The maximum absolute atomic E-state index is 12.5. The second kappa shape index (κ2) is 14.3. The lowest BCUT2D eigenvalue weighted by Crippen LogP contribution is -2.32. The number of hydrogen-bond acceptors (Lipinski definition) is 4. The molecule has 0 aliphatic rings. The zero-order valence-electron chi connectivity index (χ0n) is 21.3. The summed E-state index contributed by atoms with van der Waals surface area (Å²) in [5.41, 5.74) is -0.472. The van der Waals surface area contributed by atoms with Crippen LogP contribution in [0.3, 0.4) is 0 Å². The van der Waals surface area contributed by atoms with E-state index >= 15 is 0 Å². The Kier molecular flexibility index (Phi) is 12.6. The van der Waals surface area contributed by atoms with Crippen LogP contribution in [0.2, 0.25) is 0 Å². The van der Waals surface area contributed by atoms with Crippen molar-refractivity contribution >= 4 is 5.97 Å². The number of ether oxygens (including phenoxy) is 1. The molecule has 7 heteroatoms. The van der Waals surface area contributed by atoms with Crippen LogP contribution in [-0.2, 0) is 22.6 Å². The molecular weight excluding hydrogens is 420 g/mol. The fraction of sp³-hybridized carbons (Fsp3) is 0.769. The molecule has 1 unspecified atom stereocenters. The van der Waals surface area contributed by atoms with Gasteiger partial charge in [0.05, 0.1) is 12.6 Å². The van der Waals surface area contributed by atoms with Gasteiger partial charge in [0.15, 0.2) is 0 Å². The molecule has 0 aliphatic heterocycles. The molecule has 0 radical (unpaired) electrons. The highest BCUT2D eigenvalue weighted by atomic mass is 16.5. The van der Waals surface area contributed by atoms with E-state index in [0.29, 0.717) is 26.3 Å². The number of nitrogens with zero attached hydrogens (tertiary/aromatic N) is 2. The summed E-state index contributed by atoms with van der Waals surface area (Å²) in [5.74, 6) is -0.727. The highest BCUT2D eigenvalue weighted by Gasteiger charge is 2.29. The average Bonchev–Trinajstić information content (AvgIpc) is 3.08. The third kappa shape index (κ3) is 8.69. The van der Waals surface area contributed by atoms with Crippen LogP contribution in [0.25, 0.3) is 0 Å². The van der Waals surface area contributed by atoms with Crippen LogP contribution in [-0.4, -0.2) is 38.5 Å². The molecule has 7 nitrogen and oxygen atoms in total. The van der Waals surface area contributed by atoms with Gasteiger partial charge in [-0.1, -0.05) is 39.7 Å². The second-order valence-electron chi connectivity index (χ2n) is 9.37. The first kappa shape index (κ1) is 29.0. The Morgan fingerprint density at radius 2 is 1.67 bits per heavy atom. The number of carboxylic acids is 1. The minimum atomic E-state index is -0.772. The van der Waals surface area contributed by atoms with Gasteiger partial charge < -0.3 is 14.9 Å². The molecule has 2 N–H and O–H groups in total. The van der Waals surface area contributed by atoms with E-state index < -0.39 is 5.97 Å². The molecule has 1 aromatic heterocycles. The zero-order chi connectivity index (χ0) is 24.9. The van der Waals surface area contributed by atoms with E-state index in [1.807, 2.05) is 13.8 Å². The largest absolute Gasteiger partial charge is 0.493 e. The molecule has 1 atom stereocenters. The highest BCUT2D eigenvalue weighted by Crippen LogP contribution is 2.36. The third-order valence-corrected chi connectivity index (χ3v) is 7.46. The predicted molar refractivity (Wildman–Crippen MR) is 133 cm³/mol. The summed E-state index contributed by atoms with van der Waals surface area (Å²) in [5, 5.41) is 19.4. The maximum atomic E-state index is 12.5. The van der Waals surface area contributed by atoms with Crippen molar-refractivity contribution in [3.05, 3.63) is 29.3 Å². The fourth-order valence-corrected chi connectivity index (χ4v) is 4.63. The number of hydrogen-bond donors (Lipinski definition) is 2. The predicted octanol–water partition coefficient (Wildman–Crippen LogP) is 5.60. The van der Waals surface area contributed by atoms with Crippen LogP contribution >= 0.6 is 0 Å². The monoisotopic (exact) mass is 466 g/mol. The Hall–Kier alpha value is -2.02. The average molecular weight is 467 g/mol. The van der Waals surface area contributed by atoms with Gasteiger partial charge in [0.2, 0.25) is 5.88 Å². The van der Waals surface area contributed by atoms with Crippen molar-refractivity contribution < 1.29 is 19.7 Å². The maximum Gasteiger partial charge on any atom is 0.331 e. The van der Waals surface area contributed by atoms with Crippen LogP contribution < -0.4 is 5.69 Å². The van der Waals surface area contributed by atoms with Crippen molar-refractivity contribution in [3.8, 4) is 5.88 Å². The van der Waals surface area contributed by atoms with Gasteiger partial charge in [0.25, 0.3) is 0 Å². The standard InChI is InChI=1S/C26H46N2O5/c1-6-25(7-2,19-23(30)31)15-11-13-17-33-18-14-12-16-26(8-3,9-4)21-28-22(29)20-27(10-5)24(28)32/h6,20,29H,1,7-19,21H2,2-5H3,(H,30,31). The smallest absolute Gasteiger partial charge is 0.331 e. The molecule has 0 fully saturated rings. The van der Waals surface area contributed by atoms with Gasteiger partial charge in [-0.3, -0.25) is 13.9 Å². The first-order valence-corrected chi connectivity index (χ1v) is 12.6. The molecule has 1 heterocycles. The molecule has 33 heavy (non-hydrogen) atoms. The van der Waals surface area contributed by atoms with Crippen molar-refractivity contribution in [2.45, 2.75) is 105 Å². The molecule has 0 aliphatic carbocycles. The van der Waals surface area contributed by atoms with Gasteiger partial charge in [-0.2, -0.15) is 0 Å². The van der Waals surface area contributed by atoms with Gasteiger partial charge in [0.1, 0.15) is 0 Å². The fourth-order valence-electron chi connectivity index (χ4n) is 4.63. The molecular formula is C26H46N2O5. The van der Waals surface area contributed by atoms with Crippen LogP contribution in [0.15, 0.2) is 23.6 Å². The van der Waals surface area contributed by atoms with E-state index in [1.54, 1.807) is 10.6 Å². The van der Waals surface area contributed by atoms with E-state index in [-0.39, 0.29) is 28.8 Å². The lowest BCUT2D eigenvalue weighted by atomic mass is 9.77. The molecule has 0 spiro atoms. The number of aryl methyl sites for hydroxylation is 1. The first-order valence-electron chi connectivity index (χ1n) is 12.6. The Morgan fingerprint density at radius 3 is 2.12 bits per heavy atom. The second-order valence-corrected chi connectivity index (χ2v) is 9.37. The summed E-state index contributed by atoms with van der Waals surface area (Å²) < 4.78 is 8.87. The van der Waals surface area contributed by atoms with Crippen LogP contribution in [0.5, 0.6) is 5.88 Å². The SMILES string of the molecule is C=CC(CC)(CCCCOCCCCC(CC)(CC)Cn1c(O)cn(CC)c1=O)CC(=O)O. The number of carboxylic acid groups (broad SMARTS) is 1. The van der Waals surface area contributed by atoms with E-state index in [4.69, 9.17) is 9.84 Å². The summed E-state index contributed by atoms with van der Waals surface area (Å²) in [4.78, 5) is 23.6. The van der Waals surface area contributed by atoms with Crippen molar-refractivity contribution in [1.29, 1.82) is 0 Å². The zero-order valence-corrected chi connectivity index (χ0v) is 21.3. The van der Waals surface area contributed by atoms with Crippen molar-refractivity contribution in [2.24, 2.45) is 10.8 Å². The normalized spacial score (nSPS) is 13.7. The molecule has 0 saturated heterocycles. The summed E-state index contributed by atoms with van der Waals surface area (Å²) >= 11 is 0. The number of aromatic hydroxyl groups is 1. The lowest BCUT2D eigenvalue weighted by molar-refractivity contribution is -0.139. The number of aliphatic carboxylic acids is 1. The van der Waals surface area contributed by atoms with Crippen LogP contribution in [0, 0.1) is 10.8 Å². The van der Waals surface area contributed by atoms with Crippen LogP contribution in [0.1, 0.15) is 91.9 Å². The van der Waals surface area contributed by atoms with E-state index in [1.165, 1.54) is 10.8 Å². The van der Waals surface area contributed by atoms with Crippen LogP contribution in [0.4, 0.5) is 0 Å². The van der Waals surface area contributed by atoms with Crippen molar-refractivity contribution in [3.63, 3.8) is 0 Å². The molecule has 1 aromatic rings. The summed E-state index contributed by atoms with van der Waals surface area (Å²) in [6.45, 7) is 14.6. The van der Waals surface area contributed by atoms with E-state index in [2.05, 4.69) is 20.4 Å². The van der Waals surface area contributed by atoms with Gasteiger partial charge in [-0.05, 0) is 62.7 Å². The van der Waals surface area contributed by atoms with Gasteiger partial charge in [-0.25, -0.2) is 4.79 Å². The molecule has 0 saturated carbocycles. The van der Waals surface area contributed by atoms with Crippen molar-refractivity contribution in [2.75, 3.05) is 13.2 Å². The number of aromatic nitrogens is 2. The third-order valence-electron chi connectivity index (χ3n) is 7.46. The Bertz CT molecular complexity index is 778. The minimum Gasteiger partial charge on any atom is -0.493 e. The summed E-state index contributed by atoms with van der Waals surface area (Å²) in [7, 11) is 0. The van der Waals surface area contributed by atoms with Crippen molar-refractivity contribution in [1.82, 2.24) is 9.13 Å². The number of imidazole rings is 1. The Morgan fingerprint density at radius 1 is 1.06 bits per heavy atom. The minimum absolute atomic E-state index is 0.0143. The Balaban J connectivity index is 2.39. The summed E-state index contributed by atoms with van der Waals surface area (Å²) in [6, 6.07) is 0. The number of unbranched alkanes of at least 4 members (excludes halogenated alkanes) is 2. The molecule has 0 amide bonds. The van der Waals surface area contributed by atoms with Gasteiger partial charge >= 0.3 is 11.7 Å². The van der Waals surface area contributed by atoms with Gasteiger partial charge in [0, 0.05) is 26.3 Å². The number of rotatable bonds is 19. The quantitative estimate of drug-likeness (QED) is 0.205. The Labute approximate surface area is 199 Å².